The molecule has 1 N–H and O–H groups in total. The van der Waals surface area contributed by atoms with Crippen molar-refractivity contribution in [2.24, 2.45) is 0 Å². The summed E-state index contributed by atoms with van der Waals surface area (Å²) >= 11 is 3.37. The first-order chi connectivity index (χ1) is 6.31. The Morgan fingerprint density at radius 3 is 3.00 bits per heavy atom. The second kappa shape index (κ2) is 3.47. The topological polar surface area (TPSA) is 46.3 Å². The molecule has 0 aliphatic carbocycles. The summed E-state index contributed by atoms with van der Waals surface area (Å²) in [6, 6.07) is 5.68. The van der Waals surface area contributed by atoms with Gasteiger partial charge < -0.3 is 9.52 Å². The Balaban J connectivity index is 2.55. The van der Waals surface area contributed by atoms with E-state index in [1.165, 1.54) is 0 Å². The second-order valence-corrected chi connectivity index (χ2v) is 3.52. The minimum atomic E-state index is 0.0600. The zero-order valence-corrected chi connectivity index (χ0v) is 8.41. The van der Waals surface area contributed by atoms with Gasteiger partial charge in [-0.2, -0.15) is 0 Å². The van der Waals surface area contributed by atoms with E-state index in [-0.39, 0.29) is 6.61 Å². The normalized spacial score (nSPS) is 10.9. The molecule has 3 nitrogen and oxygen atoms in total. The van der Waals surface area contributed by atoms with Gasteiger partial charge in [-0.25, -0.2) is 4.98 Å². The fraction of sp³-hybridized carbons (Fsp3) is 0.222. The number of aliphatic hydroxyl groups excluding tert-OH is 1. The molecule has 2 rings (SSSR count). The maximum absolute atomic E-state index is 8.70. The van der Waals surface area contributed by atoms with E-state index in [2.05, 4.69) is 20.9 Å². The molecule has 0 spiro atoms. The Morgan fingerprint density at radius 1 is 1.46 bits per heavy atom. The van der Waals surface area contributed by atoms with E-state index in [9.17, 15) is 0 Å². The van der Waals surface area contributed by atoms with Crippen LogP contribution in [0, 0.1) is 0 Å². The van der Waals surface area contributed by atoms with Crippen LogP contribution in [0.4, 0.5) is 0 Å². The number of halogens is 1. The lowest BCUT2D eigenvalue weighted by Crippen LogP contribution is -1.88. The van der Waals surface area contributed by atoms with Crippen LogP contribution in [0.3, 0.4) is 0 Å². The molecule has 0 unspecified atom stereocenters. The number of nitrogens with zero attached hydrogens (tertiary/aromatic N) is 1. The molecular weight excluding hydrogens is 234 g/mol. The molecule has 0 fully saturated rings. The third-order valence-corrected chi connectivity index (χ3v) is 2.36. The number of aliphatic hydroxyl groups is 1. The van der Waals surface area contributed by atoms with Crippen LogP contribution in [0.2, 0.25) is 0 Å². The average molecular weight is 242 g/mol. The van der Waals surface area contributed by atoms with Gasteiger partial charge in [-0.15, -0.1) is 0 Å². The van der Waals surface area contributed by atoms with Crippen molar-refractivity contribution >= 4 is 27.0 Å². The molecule has 0 atom stereocenters. The average Bonchev–Trinajstić information content (AvgIpc) is 2.49. The molecule has 2 aromatic rings. The summed E-state index contributed by atoms with van der Waals surface area (Å²) in [4.78, 5) is 4.21. The Hall–Kier alpha value is -0.870. The van der Waals surface area contributed by atoms with E-state index in [4.69, 9.17) is 9.52 Å². The van der Waals surface area contributed by atoms with Crippen LogP contribution >= 0.6 is 15.9 Å². The number of fused-ring (bicyclic) bond motifs is 1. The number of hydrogen-bond donors (Lipinski definition) is 1. The van der Waals surface area contributed by atoms with Gasteiger partial charge in [-0.05, 0) is 28.1 Å². The summed E-state index contributed by atoms with van der Waals surface area (Å²) < 4.78 is 6.31. The molecule has 0 amide bonds. The number of para-hydroxylation sites is 1. The van der Waals surface area contributed by atoms with Crippen LogP contribution in [0.15, 0.2) is 27.1 Å². The van der Waals surface area contributed by atoms with E-state index in [0.29, 0.717) is 12.3 Å². The molecule has 0 saturated heterocycles. The van der Waals surface area contributed by atoms with Crippen molar-refractivity contribution in [2.45, 2.75) is 6.42 Å². The van der Waals surface area contributed by atoms with Gasteiger partial charge in [0.15, 0.2) is 11.5 Å². The molecule has 1 aromatic carbocycles. The summed E-state index contributed by atoms with van der Waals surface area (Å²) in [6.45, 7) is 0.0600. The summed E-state index contributed by atoms with van der Waals surface area (Å²) in [5.74, 6) is 0.574. The highest BCUT2D eigenvalue weighted by Crippen LogP contribution is 2.24. The molecule has 4 heteroatoms. The van der Waals surface area contributed by atoms with Crippen molar-refractivity contribution in [1.82, 2.24) is 4.98 Å². The molecule has 0 aliphatic heterocycles. The van der Waals surface area contributed by atoms with Gasteiger partial charge in [0, 0.05) is 6.42 Å². The van der Waals surface area contributed by atoms with Crippen molar-refractivity contribution in [3.63, 3.8) is 0 Å². The Bertz CT molecular complexity index is 424. The predicted molar refractivity (Wildman–Crippen MR) is 52.5 cm³/mol. The number of rotatable bonds is 2. The Morgan fingerprint density at radius 2 is 2.31 bits per heavy atom. The number of aromatic nitrogens is 1. The van der Waals surface area contributed by atoms with Gasteiger partial charge >= 0.3 is 0 Å². The maximum Gasteiger partial charge on any atom is 0.197 e. The number of hydrogen-bond acceptors (Lipinski definition) is 3. The standard InChI is InChI=1S/C9H8BrNO2/c10-6-2-1-3-7-9(6)13-8(11-7)4-5-12/h1-3,12H,4-5H2. The molecular formula is C9H8BrNO2. The minimum absolute atomic E-state index is 0.0600. The third-order valence-electron chi connectivity index (χ3n) is 1.74. The van der Waals surface area contributed by atoms with E-state index in [1.54, 1.807) is 0 Å². The monoisotopic (exact) mass is 241 g/mol. The predicted octanol–water partition coefficient (Wildman–Crippen LogP) is 2.13. The Kier molecular flexibility index (Phi) is 2.33. The first kappa shape index (κ1) is 8.72. The minimum Gasteiger partial charge on any atom is -0.439 e. The summed E-state index contributed by atoms with van der Waals surface area (Å²) in [6.07, 6.45) is 0.459. The lowest BCUT2D eigenvalue weighted by Gasteiger charge is -1.88. The molecule has 1 heterocycles. The fourth-order valence-corrected chi connectivity index (χ4v) is 1.60. The quantitative estimate of drug-likeness (QED) is 0.877. The first-order valence-electron chi connectivity index (χ1n) is 3.96. The molecule has 0 radical (unpaired) electrons. The van der Waals surface area contributed by atoms with Crippen LogP contribution in [-0.4, -0.2) is 16.7 Å². The van der Waals surface area contributed by atoms with Gasteiger partial charge in [-0.1, -0.05) is 6.07 Å². The molecule has 1 aromatic heterocycles. The van der Waals surface area contributed by atoms with Gasteiger partial charge in [0.1, 0.15) is 5.52 Å². The van der Waals surface area contributed by atoms with Gasteiger partial charge in [0.2, 0.25) is 0 Å². The SMILES string of the molecule is OCCc1nc2cccc(Br)c2o1. The molecule has 13 heavy (non-hydrogen) atoms. The van der Waals surface area contributed by atoms with Gasteiger partial charge in [-0.3, -0.25) is 0 Å². The van der Waals surface area contributed by atoms with E-state index in [0.717, 1.165) is 15.6 Å². The van der Waals surface area contributed by atoms with Crippen LogP contribution in [0.25, 0.3) is 11.1 Å². The van der Waals surface area contributed by atoms with E-state index < -0.39 is 0 Å². The van der Waals surface area contributed by atoms with Gasteiger partial charge in [0.05, 0.1) is 11.1 Å². The largest absolute Gasteiger partial charge is 0.439 e. The molecule has 0 aliphatic rings. The smallest absolute Gasteiger partial charge is 0.197 e. The zero-order chi connectivity index (χ0) is 9.26. The van der Waals surface area contributed by atoms with Crippen molar-refractivity contribution in [3.05, 3.63) is 28.6 Å². The van der Waals surface area contributed by atoms with Crippen molar-refractivity contribution < 1.29 is 9.52 Å². The molecule has 0 bridgehead atoms. The zero-order valence-electron chi connectivity index (χ0n) is 6.83. The van der Waals surface area contributed by atoms with Crippen molar-refractivity contribution in [2.75, 3.05) is 6.61 Å². The lowest BCUT2D eigenvalue weighted by atomic mass is 10.3. The number of oxazole rings is 1. The Labute approximate surface area is 83.5 Å². The third kappa shape index (κ3) is 1.59. The molecule has 0 saturated carbocycles. The van der Waals surface area contributed by atoms with Gasteiger partial charge in [0.25, 0.3) is 0 Å². The summed E-state index contributed by atoms with van der Waals surface area (Å²) in [7, 11) is 0. The maximum atomic E-state index is 8.70. The van der Waals surface area contributed by atoms with E-state index >= 15 is 0 Å². The first-order valence-corrected chi connectivity index (χ1v) is 4.75. The fourth-order valence-electron chi connectivity index (χ4n) is 1.16. The van der Waals surface area contributed by atoms with E-state index in [1.807, 2.05) is 18.2 Å². The lowest BCUT2D eigenvalue weighted by molar-refractivity contribution is 0.287. The van der Waals surface area contributed by atoms with Crippen molar-refractivity contribution in [3.8, 4) is 0 Å². The highest BCUT2D eigenvalue weighted by atomic mass is 79.9. The number of benzene rings is 1. The summed E-state index contributed by atoms with van der Waals surface area (Å²) in [5.41, 5.74) is 1.56. The highest BCUT2D eigenvalue weighted by Gasteiger charge is 2.06. The second-order valence-electron chi connectivity index (χ2n) is 2.67. The van der Waals surface area contributed by atoms with Crippen LogP contribution in [0.5, 0.6) is 0 Å². The van der Waals surface area contributed by atoms with Crippen LogP contribution < -0.4 is 0 Å². The van der Waals surface area contributed by atoms with Crippen LogP contribution in [0.1, 0.15) is 5.89 Å². The van der Waals surface area contributed by atoms with Crippen LogP contribution in [-0.2, 0) is 6.42 Å². The highest BCUT2D eigenvalue weighted by molar-refractivity contribution is 9.10. The molecule has 68 valence electrons. The summed E-state index contributed by atoms with van der Waals surface area (Å²) in [5, 5.41) is 8.70. The van der Waals surface area contributed by atoms with Crippen molar-refractivity contribution in [1.29, 1.82) is 0 Å².